The third kappa shape index (κ3) is 25.9. The van der Waals surface area contributed by atoms with Crippen LogP contribution in [0.1, 0.15) is 53.4 Å². The van der Waals surface area contributed by atoms with Crippen LogP contribution < -0.4 is 5.73 Å². The maximum Gasteiger partial charge on any atom is 0.404 e. The molecule has 14 nitrogen and oxygen atoms in total. The molecule has 0 aromatic heterocycles. The molecule has 0 aromatic carbocycles. The lowest BCUT2D eigenvalue weighted by molar-refractivity contribution is -0.160. The summed E-state index contributed by atoms with van der Waals surface area (Å²) >= 11 is 0. The van der Waals surface area contributed by atoms with Gasteiger partial charge in [0.05, 0.1) is 31.7 Å². The molecule has 0 aromatic rings. The number of nitrogens with two attached hydrogens (primary N) is 1. The van der Waals surface area contributed by atoms with Gasteiger partial charge < -0.3 is 29.8 Å². The van der Waals surface area contributed by atoms with Crippen molar-refractivity contribution in [2.75, 3.05) is 46.1 Å². The van der Waals surface area contributed by atoms with Gasteiger partial charge in [0, 0.05) is 16.7 Å². The van der Waals surface area contributed by atoms with Crippen LogP contribution in [-0.4, -0.2) is 87.4 Å². The minimum Gasteiger partial charge on any atom is -0.461 e. The minimum atomic E-state index is -1.30. The highest BCUT2D eigenvalue weighted by atomic mass is 16.6. The summed E-state index contributed by atoms with van der Waals surface area (Å²) in [6.45, 7) is 16.3. The topological polar surface area (TPSA) is 210 Å². The quantitative estimate of drug-likeness (QED) is 0.0585. The van der Waals surface area contributed by atoms with Crippen LogP contribution in [0.2, 0.25) is 0 Å². The van der Waals surface area contributed by atoms with Crippen molar-refractivity contribution in [3.63, 3.8) is 0 Å². The Morgan fingerprint density at radius 1 is 0.714 bits per heavy atom. The van der Waals surface area contributed by atoms with E-state index in [0.717, 1.165) is 25.7 Å². The van der Waals surface area contributed by atoms with Crippen LogP contribution in [0.3, 0.4) is 0 Å². The Bertz CT molecular complexity index is 899. The molecule has 0 heterocycles. The van der Waals surface area contributed by atoms with Crippen molar-refractivity contribution in [2.45, 2.75) is 53.4 Å². The third-order valence-corrected chi connectivity index (χ3v) is 4.61. The molecular formula is C28H43N3O11. The number of carbonyl (C=O) groups is 4. The number of ether oxygens (including phenoxy) is 4. The fraction of sp³-hybridized carbons (Fsp3) is 0.571. The van der Waals surface area contributed by atoms with E-state index in [1.807, 2.05) is 0 Å². The van der Waals surface area contributed by atoms with E-state index >= 15 is 0 Å². The molecule has 0 bridgehead atoms. The Morgan fingerprint density at radius 2 is 1.05 bits per heavy atom. The number of unbranched alkanes of at least 4 members (excludes halogenated alkanes) is 3. The van der Waals surface area contributed by atoms with Crippen LogP contribution in [-0.2, 0) is 42.9 Å². The van der Waals surface area contributed by atoms with Gasteiger partial charge in [-0.25, -0.2) is 38.8 Å². The SMILES string of the molecule is C=C(C)C(=O)OCC(CO)(COC(=O)C(=C)C)COC(=O)C(=C)C.CCOC(N)=O.O=C=NCCCCCCN=C=O. The Kier molecular flexibility index (Phi) is 26.9. The maximum atomic E-state index is 11.6. The molecule has 0 radical (unpaired) electrons. The summed E-state index contributed by atoms with van der Waals surface area (Å²) in [5.74, 6) is -2.03. The number of rotatable bonds is 18. The summed E-state index contributed by atoms with van der Waals surface area (Å²) in [4.78, 5) is 70.3. The standard InChI is InChI=1S/C17H24O7.C8H12N2O2.C3H7NO2/c1-11(2)14(19)22-8-17(7-18,9-23-15(20)12(3)4)10-24-16(21)13(5)6;11-7-9-5-3-1-2-4-6-10-8-12;1-2-6-3(4)5/h18H,1,3,5,7-10H2,2,4,6H3;1-6H2;2H2,1H3,(H2,4,5). The van der Waals surface area contributed by atoms with Gasteiger partial charge in [0.1, 0.15) is 19.8 Å². The van der Waals surface area contributed by atoms with Gasteiger partial charge >= 0.3 is 24.0 Å². The first-order valence-corrected chi connectivity index (χ1v) is 12.8. The van der Waals surface area contributed by atoms with Crippen molar-refractivity contribution in [3.05, 3.63) is 36.5 Å². The number of aliphatic imine (C=N–C) groups is 2. The Morgan fingerprint density at radius 3 is 1.24 bits per heavy atom. The number of isocyanates is 2. The molecule has 0 aliphatic carbocycles. The maximum absolute atomic E-state index is 11.6. The van der Waals surface area contributed by atoms with Crippen LogP contribution in [0.4, 0.5) is 4.79 Å². The smallest absolute Gasteiger partial charge is 0.404 e. The number of esters is 3. The molecule has 14 heteroatoms. The molecule has 0 rings (SSSR count). The summed E-state index contributed by atoms with van der Waals surface area (Å²) in [5.41, 5.74) is 3.74. The number of aliphatic hydroxyl groups excluding tert-OH is 1. The molecule has 42 heavy (non-hydrogen) atoms. The average Bonchev–Trinajstić information content (AvgIpc) is 2.94. The number of amides is 1. The molecule has 0 aliphatic rings. The normalized spacial score (nSPS) is 9.45. The number of carbonyl (C=O) groups excluding carboxylic acids is 6. The molecule has 0 aliphatic heterocycles. The van der Waals surface area contributed by atoms with Crippen molar-refractivity contribution >= 4 is 36.2 Å². The van der Waals surface area contributed by atoms with Crippen molar-refractivity contribution in [1.82, 2.24) is 0 Å². The van der Waals surface area contributed by atoms with E-state index in [-0.39, 0.29) is 36.5 Å². The van der Waals surface area contributed by atoms with Gasteiger partial charge in [-0.15, -0.1) is 0 Å². The highest BCUT2D eigenvalue weighted by Crippen LogP contribution is 2.21. The van der Waals surface area contributed by atoms with E-state index in [1.165, 1.54) is 32.9 Å². The van der Waals surface area contributed by atoms with Gasteiger partial charge in [-0.2, -0.15) is 0 Å². The van der Waals surface area contributed by atoms with Gasteiger partial charge in [-0.05, 0) is 40.5 Å². The predicted molar refractivity (Wildman–Crippen MR) is 152 cm³/mol. The highest BCUT2D eigenvalue weighted by molar-refractivity contribution is 5.88. The summed E-state index contributed by atoms with van der Waals surface area (Å²) in [7, 11) is 0. The second kappa shape index (κ2) is 26.8. The van der Waals surface area contributed by atoms with Gasteiger partial charge in [-0.3, -0.25) is 0 Å². The second-order valence-electron chi connectivity index (χ2n) is 8.84. The number of hydrogen-bond donors (Lipinski definition) is 2. The van der Waals surface area contributed by atoms with Crippen LogP contribution in [0.15, 0.2) is 46.4 Å². The molecule has 0 saturated heterocycles. The first-order chi connectivity index (χ1) is 19.7. The largest absolute Gasteiger partial charge is 0.461 e. The van der Waals surface area contributed by atoms with E-state index in [9.17, 15) is 33.9 Å². The van der Waals surface area contributed by atoms with E-state index in [1.54, 1.807) is 6.92 Å². The first kappa shape index (κ1) is 42.1. The Labute approximate surface area is 246 Å². The fourth-order valence-electron chi connectivity index (χ4n) is 2.26. The van der Waals surface area contributed by atoms with Gasteiger partial charge in [0.25, 0.3) is 0 Å². The van der Waals surface area contributed by atoms with E-state index in [2.05, 4.69) is 40.2 Å². The number of hydrogen-bond acceptors (Lipinski definition) is 13. The van der Waals surface area contributed by atoms with Gasteiger partial charge in [-0.1, -0.05) is 32.6 Å². The van der Waals surface area contributed by atoms with Crippen LogP contribution in [0.5, 0.6) is 0 Å². The fourth-order valence-corrected chi connectivity index (χ4v) is 2.26. The summed E-state index contributed by atoms with van der Waals surface area (Å²) in [6, 6.07) is 0. The third-order valence-electron chi connectivity index (χ3n) is 4.61. The zero-order chi connectivity index (χ0) is 33.0. The Hall–Kier alpha value is -4.38. The zero-order valence-electron chi connectivity index (χ0n) is 24.9. The monoisotopic (exact) mass is 597 g/mol. The van der Waals surface area contributed by atoms with Crippen LogP contribution in [0, 0.1) is 5.41 Å². The molecule has 0 atom stereocenters. The molecule has 0 fully saturated rings. The summed E-state index contributed by atoms with van der Waals surface area (Å²) in [5, 5.41) is 9.69. The van der Waals surface area contributed by atoms with E-state index < -0.39 is 36.0 Å². The molecule has 236 valence electrons. The van der Waals surface area contributed by atoms with Gasteiger partial charge in [0.2, 0.25) is 12.2 Å². The second-order valence-corrected chi connectivity index (χ2v) is 8.84. The number of primary amides is 1. The predicted octanol–water partition coefficient (Wildman–Crippen LogP) is 2.64. The zero-order valence-corrected chi connectivity index (χ0v) is 24.9. The van der Waals surface area contributed by atoms with Crippen molar-refractivity contribution in [1.29, 1.82) is 0 Å². The van der Waals surface area contributed by atoms with Crippen molar-refractivity contribution < 1.29 is 52.8 Å². The molecular weight excluding hydrogens is 554 g/mol. The summed E-state index contributed by atoms with van der Waals surface area (Å²) < 4.78 is 19.2. The lowest BCUT2D eigenvalue weighted by atomic mass is 9.92. The average molecular weight is 598 g/mol. The molecule has 3 N–H and O–H groups in total. The molecule has 1 amide bonds. The lowest BCUT2D eigenvalue weighted by Gasteiger charge is -2.30. The lowest BCUT2D eigenvalue weighted by Crippen LogP contribution is -2.42. The minimum absolute atomic E-state index is 0.166. The van der Waals surface area contributed by atoms with E-state index in [4.69, 9.17) is 14.2 Å². The highest BCUT2D eigenvalue weighted by Gasteiger charge is 2.35. The van der Waals surface area contributed by atoms with E-state index in [0.29, 0.717) is 19.7 Å². The molecule has 0 spiro atoms. The molecule has 0 saturated carbocycles. The van der Waals surface area contributed by atoms with Crippen LogP contribution >= 0.6 is 0 Å². The Balaban J connectivity index is -0.000000695. The van der Waals surface area contributed by atoms with Gasteiger partial charge in [0.15, 0.2) is 0 Å². The van der Waals surface area contributed by atoms with Crippen LogP contribution in [0.25, 0.3) is 0 Å². The summed E-state index contributed by atoms with van der Waals surface area (Å²) in [6.07, 6.45) is 6.09. The number of aliphatic hydroxyl groups is 1. The van der Waals surface area contributed by atoms with Crippen molar-refractivity contribution in [2.24, 2.45) is 21.1 Å². The van der Waals surface area contributed by atoms with Crippen molar-refractivity contribution in [3.8, 4) is 0 Å². The molecule has 0 unspecified atom stereocenters. The number of nitrogens with zero attached hydrogens (tertiary/aromatic N) is 2. The first-order valence-electron chi connectivity index (χ1n) is 12.8.